The lowest BCUT2D eigenvalue weighted by molar-refractivity contribution is -0.118. The van der Waals surface area contributed by atoms with Crippen LogP contribution in [0, 0.1) is 0 Å². The van der Waals surface area contributed by atoms with Gasteiger partial charge in [0.1, 0.15) is 6.04 Å². The summed E-state index contributed by atoms with van der Waals surface area (Å²) in [5.41, 5.74) is 3.27. The Balaban J connectivity index is 1.39. The van der Waals surface area contributed by atoms with Crippen LogP contribution in [0.15, 0.2) is 48.8 Å². The van der Waals surface area contributed by atoms with Crippen LogP contribution in [-0.2, 0) is 16.6 Å². The summed E-state index contributed by atoms with van der Waals surface area (Å²) in [4.78, 5) is 41.3. The van der Waals surface area contributed by atoms with Crippen LogP contribution in [0.3, 0.4) is 0 Å². The lowest BCUT2D eigenvalue weighted by Gasteiger charge is -2.14. The molecule has 3 amide bonds. The molecule has 8 nitrogen and oxygen atoms in total. The van der Waals surface area contributed by atoms with E-state index in [-0.39, 0.29) is 30.6 Å². The molecule has 0 spiro atoms. The van der Waals surface area contributed by atoms with E-state index in [0.29, 0.717) is 16.9 Å². The fourth-order valence-corrected chi connectivity index (χ4v) is 3.23. The normalized spacial score (nSPS) is 16.1. The number of nitrogens with one attached hydrogen (secondary N) is 3. The second-order valence-corrected chi connectivity index (χ2v) is 6.71. The maximum absolute atomic E-state index is 12.4. The van der Waals surface area contributed by atoms with Crippen LogP contribution < -0.4 is 16.0 Å². The number of aryl methyl sites for hydroxylation is 1. The van der Waals surface area contributed by atoms with Crippen molar-refractivity contribution >= 4 is 40.1 Å². The number of aromatic nitrogens is 2. The Morgan fingerprint density at radius 3 is 2.89 bits per heavy atom. The zero-order valence-electron chi connectivity index (χ0n) is 15.2. The summed E-state index contributed by atoms with van der Waals surface area (Å²) in [6.07, 6.45) is 2.00. The molecule has 0 unspecified atom stereocenters. The van der Waals surface area contributed by atoms with Crippen LogP contribution >= 0.6 is 0 Å². The van der Waals surface area contributed by atoms with E-state index < -0.39 is 6.04 Å². The van der Waals surface area contributed by atoms with Crippen molar-refractivity contribution in [1.82, 2.24) is 14.9 Å². The summed E-state index contributed by atoms with van der Waals surface area (Å²) in [6, 6.07) is 11.5. The van der Waals surface area contributed by atoms with E-state index in [1.54, 1.807) is 42.7 Å². The van der Waals surface area contributed by atoms with E-state index in [1.807, 2.05) is 17.7 Å². The Kier molecular flexibility index (Phi) is 4.52. The number of fused-ring (bicyclic) bond motifs is 2. The highest BCUT2D eigenvalue weighted by molar-refractivity contribution is 6.10. The Morgan fingerprint density at radius 2 is 2.04 bits per heavy atom. The molecule has 0 fully saturated rings. The van der Waals surface area contributed by atoms with E-state index >= 15 is 0 Å². The van der Waals surface area contributed by atoms with Crippen molar-refractivity contribution in [1.29, 1.82) is 0 Å². The quantitative estimate of drug-likeness (QED) is 0.647. The third kappa shape index (κ3) is 3.44. The minimum Gasteiger partial charge on any atom is -0.340 e. The standard InChI is InChI=1S/C20H19N5O3/c1-25-11-21-16-10-12(6-8-17(16)25)22-18(26)9-7-15-20(28)23-14-5-3-2-4-13(14)19(27)24-15/h2-6,8,10-11,15H,7,9H2,1H3,(H,22,26)(H,23,28)(H,24,27)/t15-/m0/s1. The predicted molar refractivity (Wildman–Crippen MR) is 105 cm³/mol. The summed E-state index contributed by atoms with van der Waals surface area (Å²) in [7, 11) is 1.90. The molecule has 0 bridgehead atoms. The predicted octanol–water partition coefficient (Wildman–Crippen LogP) is 2.04. The van der Waals surface area contributed by atoms with Crippen LogP contribution in [0.1, 0.15) is 23.2 Å². The molecular weight excluding hydrogens is 358 g/mol. The zero-order chi connectivity index (χ0) is 19.7. The number of hydrogen-bond donors (Lipinski definition) is 3. The number of amides is 3. The molecule has 1 atom stereocenters. The van der Waals surface area contributed by atoms with Gasteiger partial charge in [0.05, 0.1) is 28.6 Å². The van der Waals surface area contributed by atoms with E-state index in [9.17, 15) is 14.4 Å². The number of carbonyl (C=O) groups excluding carboxylic acids is 3. The zero-order valence-corrected chi connectivity index (χ0v) is 15.2. The van der Waals surface area contributed by atoms with Crippen molar-refractivity contribution in [2.45, 2.75) is 18.9 Å². The van der Waals surface area contributed by atoms with Crippen molar-refractivity contribution in [2.24, 2.45) is 7.05 Å². The van der Waals surface area contributed by atoms with Gasteiger partial charge in [-0.15, -0.1) is 0 Å². The molecule has 142 valence electrons. The number of rotatable bonds is 4. The van der Waals surface area contributed by atoms with Crippen LogP contribution in [-0.4, -0.2) is 33.3 Å². The number of para-hydroxylation sites is 1. The van der Waals surface area contributed by atoms with Gasteiger partial charge in [-0.25, -0.2) is 4.98 Å². The third-order valence-corrected chi connectivity index (χ3v) is 4.72. The van der Waals surface area contributed by atoms with E-state index in [0.717, 1.165) is 11.0 Å². The van der Waals surface area contributed by atoms with Gasteiger partial charge in [-0.2, -0.15) is 0 Å². The number of nitrogens with zero attached hydrogens (tertiary/aromatic N) is 2. The number of hydrogen-bond acceptors (Lipinski definition) is 4. The molecule has 4 rings (SSSR count). The first-order valence-electron chi connectivity index (χ1n) is 8.93. The molecule has 3 N–H and O–H groups in total. The number of imidazole rings is 1. The Bertz CT molecular complexity index is 1090. The molecule has 1 aliphatic rings. The summed E-state index contributed by atoms with van der Waals surface area (Å²) in [5, 5.41) is 8.23. The van der Waals surface area contributed by atoms with Crippen molar-refractivity contribution in [3.05, 3.63) is 54.4 Å². The average molecular weight is 377 g/mol. The van der Waals surface area contributed by atoms with Crippen LogP contribution in [0.2, 0.25) is 0 Å². The fourth-order valence-electron chi connectivity index (χ4n) is 3.23. The average Bonchev–Trinajstić information content (AvgIpc) is 2.99. The Labute approximate surface area is 160 Å². The minimum atomic E-state index is -0.774. The molecule has 1 aliphatic heterocycles. The lowest BCUT2D eigenvalue weighted by Crippen LogP contribution is -2.41. The molecule has 0 aliphatic carbocycles. The van der Waals surface area contributed by atoms with Crippen molar-refractivity contribution < 1.29 is 14.4 Å². The molecular formula is C20H19N5O3. The molecule has 0 radical (unpaired) electrons. The fraction of sp³-hybridized carbons (Fsp3) is 0.200. The first-order chi connectivity index (χ1) is 13.5. The lowest BCUT2D eigenvalue weighted by atomic mass is 10.1. The smallest absolute Gasteiger partial charge is 0.254 e. The van der Waals surface area contributed by atoms with E-state index in [1.165, 1.54) is 0 Å². The van der Waals surface area contributed by atoms with E-state index in [2.05, 4.69) is 20.9 Å². The van der Waals surface area contributed by atoms with Gasteiger partial charge in [-0.05, 0) is 36.8 Å². The number of benzene rings is 2. The van der Waals surface area contributed by atoms with Crippen LogP contribution in [0.4, 0.5) is 11.4 Å². The topological polar surface area (TPSA) is 105 Å². The largest absolute Gasteiger partial charge is 0.340 e. The SMILES string of the molecule is Cn1cnc2cc(NC(=O)CC[C@@H]3NC(=O)c4ccccc4NC3=O)ccc21. The van der Waals surface area contributed by atoms with Crippen molar-refractivity contribution in [3.8, 4) is 0 Å². The van der Waals surface area contributed by atoms with Gasteiger partial charge in [-0.3, -0.25) is 14.4 Å². The molecule has 28 heavy (non-hydrogen) atoms. The van der Waals surface area contributed by atoms with E-state index in [4.69, 9.17) is 0 Å². The van der Waals surface area contributed by atoms with Gasteiger partial charge < -0.3 is 20.5 Å². The van der Waals surface area contributed by atoms with Gasteiger partial charge in [0.15, 0.2) is 0 Å². The first-order valence-corrected chi connectivity index (χ1v) is 8.93. The van der Waals surface area contributed by atoms with Gasteiger partial charge >= 0.3 is 0 Å². The van der Waals surface area contributed by atoms with Gasteiger partial charge in [0.2, 0.25) is 11.8 Å². The molecule has 1 aromatic heterocycles. The Hall–Kier alpha value is -3.68. The van der Waals surface area contributed by atoms with Crippen molar-refractivity contribution in [2.75, 3.05) is 10.6 Å². The second-order valence-electron chi connectivity index (χ2n) is 6.71. The molecule has 2 heterocycles. The highest BCUT2D eigenvalue weighted by atomic mass is 16.2. The first kappa shape index (κ1) is 17.7. The summed E-state index contributed by atoms with van der Waals surface area (Å²) in [5.74, 6) is -0.903. The van der Waals surface area contributed by atoms with Gasteiger partial charge in [0, 0.05) is 19.2 Å². The summed E-state index contributed by atoms with van der Waals surface area (Å²) in [6.45, 7) is 0. The molecule has 0 saturated carbocycles. The van der Waals surface area contributed by atoms with Crippen LogP contribution in [0.5, 0.6) is 0 Å². The monoisotopic (exact) mass is 377 g/mol. The Morgan fingerprint density at radius 1 is 1.21 bits per heavy atom. The maximum atomic E-state index is 12.4. The molecule has 0 saturated heterocycles. The molecule has 8 heteroatoms. The highest BCUT2D eigenvalue weighted by Crippen LogP contribution is 2.20. The minimum absolute atomic E-state index is 0.0922. The third-order valence-electron chi connectivity index (χ3n) is 4.72. The number of anilines is 2. The highest BCUT2D eigenvalue weighted by Gasteiger charge is 2.27. The van der Waals surface area contributed by atoms with Crippen molar-refractivity contribution in [3.63, 3.8) is 0 Å². The van der Waals surface area contributed by atoms with Gasteiger partial charge in [0.25, 0.3) is 5.91 Å². The molecule has 2 aromatic carbocycles. The summed E-state index contributed by atoms with van der Waals surface area (Å²) < 4.78 is 1.90. The van der Waals surface area contributed by atoms with Crippen LogP contribution in [0.25, 0.3) is 11.0 Å². The summed E-state index contributed by atoms with van der Waals surface area (Å²) >= 11 is 0. The van der Waals surface area contributed by atoms with Gasteiger partial charge in [-0.1, -0.05) is 12.1 Å². The molecule has 3 aromatic rings. The second kappa shape index (κ2) is 7.15. The maximum Gasteiger partial charge on any atom is 0.254 e. The number of carbonyl (C=O) groups is 3.